The molecule has 1 atom stereocenters. The standard InChI is InChI=1S/C10H18N4O2/c1-14-6-5-12-9(14)7-13-8(11)3-2-4-10(15)16/h5-6,8,13H,2-4,7,11H2,1H3,(H,15,16). The summed E-state index contributed by atoms with van der Waals surface area (Å²) < 4.78 is 1.91. The smallest absolute Gasteiger partial charge is 0.303 e. The van der Waals surface area contributed by atoms with Gasteiger partial charge >= 0.3 is 5.97 Å². The molecule has 0 aliphatic heterocycles. The number of aromatic nitrogens is 2. The predicted octanol–water partition coefficient (Wildman–Crippen LogP) is 0.0494. The maximum Gasteiger partial charge on any atom is 0.303 e. The molecule has 0 saturated carbocycles. The van der Waals surface area contributed by atoms with Gasteiger partial charge < -0.3 is 15.4 Å². The van der Waals surface area contributed by atoms with Gasteiger partial charge in [-0.3, -0.25) is 10.1 Å². The van der Waals surface area contributed by atoms with Gasteiger partial charge in [-0.05, 0) is 12.8 Å². The molecule has 1 rings (SSSR count). The molecule has 1 heterocycles. The molecule has 4 N–H and O–H groups in total. The Balaban J connectivity index is 2.17. The van der Waals surface area contributed by atoms with E-state index in [1.807, 2.05) is 17.8 Å². The van der Waals surface area contributed by atoms with Gasteiger partial charge in [-0.2, -0.15) is 0 Å². The molecule has 1 unspecified atom stereocenters. The molecule has 0 radical (unpaired) electrons. The van der Waals surface area contributed by atoms with Gasteiger partial charge in [-0.25, -0.2) is 4.98 Å². The fourth-order valence-corrected chi connectivity index (χ4v) is 1.36. The van der Waals surface area contributed by atoms with Crippen LogP contribution in [0.2, 0.25) is 0 Å². The Morgan fingerprint density at radius 3 is 3.06 bits per heavy atom. The number of hydrogen-bond donors (Lipinski definition) is 3. The third-order valence-electron chi connectivity index (χ3n) is 2.35. The fraction of sp³-hybridized carbons (Fsp3) is 0.600. The maximum absolute atomic E-state index is 10.3. The van der Waals surface area contributed by atoms with Gasteiger partial charge in [0.2, 0.25) is 0 Å². The van der Waals surface area contributed by atoms with Crippen molar-refractivity contribution in [1.82, 2.24) is 14.9 Å². The average Bonchev–Trinajstić information content (AvgIpc) is 2.60. The molecule has 0 spiro atoms. The van der Waals surface area contributed by atoms with E-state index in [0.717, 1.165) is 5.82 Å². The first-order valence-electron chi connectivity index (χ1n) is 5.26. The lowest BCUT2D eigenvalue weighted by Crippen LogP contribution is -2.37. The first-order valence-corrected chi connectivity index (χ1v) is 5.26. The van der Waals surface area contributed by atoms with Crippen molar-refractivity contribution in [3.8, 4) is 0 Å². The Morgan fingerprint density at radius 2 is 2.50 bits per heavy atom. The molecule has 0 bridgehead atoms. The van der Waals surface area contributed by atoms with E-state index < -0.39 is 5.97 Å². The third-order valence-corrected chi connectivity index (χ3v) is 2.35. The third kappa shape index (κ3) is 4.41. The molecule has 0 aliphatic carbocycles. The summed E-state index contributed by atoms with van der Waals surface area (Å²) in [6.45, 7) is 0.595. The lowest BCUT2D eigenvalue weighted by Gasteiger charge is -2.12. The average molecular weight is 226 g/mol. The van der Waals surface area contributed by atoms with E-state index in [0.29, 0.717) is 19.4 Å². The zero-order chi connectivity index (χ0) is 12.0. The zero-order valence-electron chi connectivity index (χ0n) is 9.39. The van der Waals surface area contributed by atoms with Gasteiger partial charge in [0, 0.05) is 25.9 Å². The number of nitrogens with one attached hydrogen (secondary N) is 1. The van der Waals surface area contributed by atoms with E-state index >= 15 is 0 Å². The van der Waals surface area contributed by atoms with E-state index in [9.17, 15) is 4.79 Å². The van der Waals surface area contributed by atoms with Crippen molar-refractivity contribution < 1.29 is 9.90 Å². The first-order chi connectivity index (χ1) is 7.59. The second kappa shape index (κ2) is 6.24. The highest BCUT2D eigenvalue weighted by atomic mass is 16.4. The molecule has 90 valence electrons. The van der Waals surface area contributed by atoms with Gasteiger partial charge in [-0.1, -0.05) is 0 Å². The minimum atomic E-state index is -0.781. The number of imidazole rings is 1. The number of aliphatic carboxylic acids is 1. The lowest BCUT2D eigenvalue weighted by atomic mass is 10.2. The summed E-state index contributed by atoms with van der Waals surface area (Å²) in [6.07, 6.45) is 4.81. The molecule has 0 saturated heterocycles. The Bertz CT molecular complexity index is 337. The van der Waals surface area contributed by atoms with Crippen LogP contribution in [0.25, 0.3) is 0 Å². The van der Waals surface area contributed by atoms with Gasteiger partial charge in [0.1, 0.15) is 5.82 Å². The van der Waals surface area contributed by atoms with E-state index in [1.165, 1.54) is 0 Å². The van der Waals surface area contributed by atoms with E-state index in [4.69, 9.17) is 10.8 Å². The van der Waals surface area contributed by atoms with Crippen molar-refractivity contribution in [2.45, 2.75) is 32.0 Å². The second-order valence-electron chi connectivity index (χ2n) is 3.73. The fourth-order valence-electron chi connectivity index (χ4n) is 1.36. The molecule has 16 heavy (non-hydrogen) atoms. The molecular weight excluding hydrogens is 208 g/mol. The van der Waals surface area contributed by atoms with Crippen molar-refractivity contribution >= 4 is 5.97 Å². The van der Waals surface area contributed by atoms with Crippen molar-refractivity contribution in [2.24, 2.45) is 12.8 Å². The molecule has 6 nitrogen and oxygen atoms in total. The summed E-state index contributed by atoms with van der Waals surface area (Å²) in [5.41, 5.74) is 5.79. The van der Waals surface area contributed by atoms with Crippen LogP contribution in [-0.4, -0.2) is 26.8 Å². The summed E-state index contributed by atoms with van der Waals surface area (Å²) in [6, 6.07) is 0. The minimum absolute atomic E-state index is 0.164. The highest BCUT2D eigenvalue weighted by Gasteiger charge is 2.05. The zero-order valence-corrected chi connectivity index (χ0v) is 9.39. The normalized spacial score (nSPS) is 12.6. The summed E-state index contributed by atoms with van der Waals surface area (Å²) in [5, 5.41) is 11.6. The molecule has 6 heteroatoms. The molecule has 1 aromatic heterocycles. The molecule has 0 aliphatic rings. The monoisotopic (exact) mass is 226 g/mol. The number of aryl methyl sites for hydroxylation is 1. The van der Waals surface area contributed by atoms with Crippen LogP contribution in [0.3, 0.4) is 0 Å². The van der Waals surface area contributed by atoms with E-state index in [-0.39, 0.29) is 12.6 Å². The van der Waals surface area contributed by atoms with Gasteiger partial charge in [0.15, 0.2) is 0 Å². The molecular formula is C10H18N4O2. The van der Waals surface area contributed by atoms with Crippen LogP contribution in [0.5, 0.6) is 0 Å². The van der Waals surface area contributed by atoms with Crippen LogP contribution in [0, 0.1) is 0 Å². The minimum Gasteiger partial charge on any atom is -0.481 e. The molecule has 1 aromatic rings. The summed E-state index contributed by atoms with van der Waals surface area (Å²) in [5.74, 6) is 0.130. The second-order valence-corrected chi connectivity index (χ2v) is 3.73. The van der Waals surface area contributed by atoms with Crippen LogP contribution in [0.1, 0.15) is 25.1 Å². The van der Waals surface area contributed by atoms with Gasteiger partial charge in [-0.15, -0.1) is 0 Å². The van der Waals surface area contributed by atoms with Crippen molar-refractivity contribution in [2.75, 3.05) is 0 Å². The maximum atomic E-state index is 10.3. The summed E-state index contributed by atoms with van der Waals surface area (Å²) in [7, 11) is 1.92. The number of nitrogens with two attached hydrogens (primary N) is 1. The molecule has 0 amide bonds. The first kappa shape index (κ1) is 12.7. The number of nitrogens with zero attached hydrogens (tertiary/aromatic N) is 2. The predicted molar refractivity (Wildman–Crippen MR) is 59.5 cm³/mol. The van der Waals surface area contributed by atoms with Gasteiger partial charge in [0.05, 0.1) is 12.7 Å². The largest absolute Gasteiger partial charge is 0.481 e. The number of carbonyl (C=O) groups is 1. The Kier molecular flexibility index (Phi) is 4.94. The number of hydrogen-bond acceptors (Lipinski definition) is 4. The topological polar surface area (TPSA) is 93.2 Å². The highest BCUT2D eigenvalue weighted by Crippen LogP contribution is 1.99. The summed E-state index contributed by atoms with van der Waals surface area (Å²) >= 11 is 0. The highest BCUT2D eigenvalue weighted by molar-refractivity contribution is 5.66. The quantitative estimate of drug-likeness (QED) is 0.571. The number of carboxylic acids is 1. The summed E-state index contributed by atoms with van der Waals surface area (Å²) in [4.78, 5) is 14.4. The van der Waals surface area contributed by atoms with Crippen LogP contribution in [0.15, 0.2) is 12.4 Å². The van der Waals surface area contributed by atoms with Crippen molar-refractivity contribution in [3.63, 3.8) is 0 Å². The van der Waals surface area contributed by atoms with Gasteiger partial charge in [0.25, 0.3) is 0 Å². The number of rotatable bonds is 7. The van der Waals surface area contributed by atoms with Crippen LogP contribution >= 0.6 is 0 Å². The number of carboxylic acid groups (broad SMARTS) is 1. The Hall–Kier alpha value is -1.40. The van der Waals surface area contributed by atoms with Crippen molar-refractivity contribution in [3.05, 3.63) is 18.2 Å². The lowest BCUT2D eigenvalue weighted by molar-refractivity contribution is -0.137. The SMILES string of the molecule is Cn1ccnc1CNC(N)CCCC(=O)O. The van der Waals surface area contributed by atoms with Crippen molar-refractivity contribution in [1.29, 1.82) is 0 Å². The van der Waals surface area contributed by atoms with Crippen LogP contribution in [0.4, 0.5) is 0 Å². The Labute approximate surface area is 94.5 Å². The van der Waals surface area contributed by atoms with E-state index in [1.54, 1.807) is 6.20 Å². The van der Waals surface area contributed by atoms with E-state index in [2.05, 4.69) is 10.3 Å². The van der Waals surface area contributed by atoms with Crippen LogP contribution in [-0.2, 0) is 18.4 Å². The molecule has 0 aromatic carbocycles. The Morgan fingerprint density at radius 1 is 1.75 bits per heavy atom. The van der Waals surface area contributed by atoms with Crippen LogP contribution < -0.4 is 11.1 Å². The molecule has 0 fully saturated rings.